The zero-order valence-electron chi connectivity index (χ0n) is 15.7. The Morgan fingerprint density at radius 1 is 1.07 bits per heavy atom. The van der Waals surface area contributed by atoms with Crippen LogP contribution in [0.2, 0.25) is 5.02 Å². The van der Waals surface area contributed by atoms with Crippen molar-refractivity contribution in [1.29, 1.82) is 0 Å². The molecule has 1 heterocycles. The molecule has 2 aromatic rings. The van der Waals surface area contributed by atoms with Crippen LogP contribution in [0.25, 0.3) is 0 Å². The number of rotatable bonds is 5. The van der Waals surface area contributed by atoms with Crippen LogP contribution in [0.1, 0.15) is 37.8 Å². The van der Waals surface area contributed by atoms with Gasteiger partial charge in [0.15, 0.2) is 11.5 Å². The van der Waals surface area contributed by atoms with Gasteiger partial charge < -0.3 is 14.8 Å². The molecule has 5 heteroatoms. The molecule has 1 saturated carbocycles. The van der Waals surface area contributed by atoms with Crippen LogP contribution < -0.4 is 14.8 Å². The fourth-order valence-electron chi connectivity index (χ4n) is 3.58. The number of hydrogen-bond donors (Lipinski definition) is 1. The molecule has 0 bridgehead atoms. The normalized spacial score (nSPS) is 17.3. The number of amides is 1. The van der Waals surface area contributed by atoms with Gasteiger partial charge >= 0.3 is 0 Å². The highest BCUT2D eigenvalue weighted by molar-refractivity contribution is 6.30. The number of carbonyl (C=O) groups is 1. The third kappa shape index (κ3) is 3.51. The van der Waals surface area contributed by atoms with E-state index in [1.807, 2.05) is 42.5 Å². The SMILES string of the molecule is CC(C)(CNC(=O)C1(c2ccc(Cl)cc2)CC1)c1ccc2c(c1)OCCO2. The molecular formula is C22H24ClNO3. The van der Waals surface area contributed by atoms with Gasteiger partial charge in [-0.25, -0.2) is 0 Å². The van der Waals surface area contributed by atoms with Crippen LogP contribution in [0.5, 0.6) is 11.5 Å². The van der Waals surface area contributed by atoms with Crippen LogP contribution in [-0.4, -0.2) is 25.7 Å². The second-order valence-electron chi connectivity index (χ2n) is 8.01. The highest BCUT2D eigenvalue weighted by Gasteiger charge is 2.51. The monoisotopic (exact) mass is 385 g/mol. The lowest BCUT2D eigenvalue weighted by Crippen LogP contribution is -2.41. The quantitative estimate of drug-likeness (QED) is 0.837. The number of fused-ring (bicyclic) bond motifs is 1. The first-order valence-electron chi connectivity index (χ1n) is 9.35. The summed E-state index contributed by atoms with van der Waals surface area (Å²) in [6.07, 6.45) is 1.76. The van der Waals surface area contributed by atoms with Crippen molar-refractivity contribution in [3.63, 3.8) is 0 Å². The zero-order valence-corrected chi connectivity index (χ0v) is 16.4. The zero-order chi connectivity index (χ0) is 19.1. The van der Waals surface area contributed by atoms with Gasteiger partial charge in [0, 0.05) is 17.0 Å². The first-order valence-corrected chi connectivity index (χ1v) is 9.73. The van der Waals surface area contributed by atoms with E-state index in [9.17, 15) is 4.79 Å². The Balaban J connectivity index is 1.46. The van der Waals surface area contributed by atoms with E-state index in [4.69, 9.17) is 21.1 Å². The number of benzene rings is 2. The summed E-state index contributed by atoms with van der Waals surface area (Å²) in [4.78, 5) is 12.9. The smallest absolute Gasteiger partial charge is 0.230 e. The van der Waals surface area contributed by atoms with E-state index in [1.165, 1.54) is 0 Å². The molecule has 0 saturated heterocycles. The Morgan fingerprint density at radius 3 is 2.41 bits per heavy atom. The first kappa shape index (κ1) is 18.2. The fraction of sp³-hybridized carbons (Fsp3) is 0.409. The van der Waals surface area contributed by atoms with Gasteiger partial charge in [0.2, 0.25) is 5.91 Å². The highest BCUT2D eigenvalue weighted by atomic mass is 35.5. The minimum absolute atomic E-state index is 0.0930. The van der Waals surface area contributed by atoms with Crippen molar-refractivity contribution in [2.75, 3.05) is 19.8 Å². The molecule has 0 aromatic heterocycles. The Kier molecular flexibility index (Phi) is 4.55. The average Bonchev–Trinajstić information content (AvgIpc) is 3.48. The molecular weight excluding hydrogens is 362 g/mol. The van der Waals surface area contributed by atoms with E-state index in [0.717, 1.165) is 35.5 Å². The van der Waals surface area contributed by atoms with Crippen molar-refractivity contribution in [2.24, 2.45) is 0 Å². The molecule has 27 heavy (non-hydrogen) atoms. The van der Waals surface area contributed by atoms with Gasteiger partial charge in [-0.05, 0) is 48.2 Å². The summed E-state index contributed by atoms with van der Waals surface area (Å²) >= 11 is 5.98. The molecule has 4 nitrogen and oxygen atoms in total. The number of hydrogen-bond acceptors (Lipinski definition) is 3. The summed E-state index contributed by atoms with van der Waals surface area (Å²) in [6, 6.07) is 13.6. The molecule has 4 rings (SSSR count). The Bertz CT molecular complexity index is 856. The van der Waals surface area contributed by atoms with Gasteiger partial charge in [0.05, 0.1) is 5.41 Å². The van der Waals surface area contributed by atoms with Crippen LogP contribution in [0.4, 0.5) is 0 Å². The Morgan fingerprint density at radius 2 is 1.74 bits per heavy atom. The standard InChI is InChI=1S/C22H24ClNO3/c1-21(2,16-5-8-18-19(13-16)27-12-11-26-18)14-24-20(25)22(9-10-22)15-3-6-17(23)7-4-15/h3-8,13H,9-12,14H2,1-2H3,(H,24,25). The molecule has 1 aliphatic carbocycles. The second kappa shape index (κ2) is 6.75. The second-order valence-corrected chi connectivity index (χ2v) is 8.45. The number of nitrogens with one attached hydrogen (secondary N) is 1. The fourth-order valence-corrected chi connectivity index (χ4v) is 3.70. The summed E-state index contributed by atoms with van der Waals surface area (Å²) in [5, 5.41) is 3.86. The highest BCUT2D eigenvalue weighted by Crippen LogP contribution is 2.48. The third-order valence-electron chi connectivity index (χ3n) is 5.60. The maximum absolute atomic E-state index is 12.9. The lowest BCUT2D eigenvalue weighted by Gasteiger charge is -2.29. The van der Waals surface area contributed by atoms with Crippen LogP contribution in [-0.2, 0) is 15.6 Å². The average molecular weight is 386 g/mol. The molecule has 1 fully saturated rings. The summed E-state index contributed by atoms with van der Waals surface area (Å²) in [5.41, 5.74) is 1.54. The van der Waals surface area contributed by atoms with Crippen molar-refractivity contribution < 1.29 is 14.3 Å². The van der Waals surface area contributed by atoms with E-state index in [1.54, 1.807) is 0 Å². The molecule has 0 radical (unpaired) electrons. The summed E-state index contributed by atoms with van der Waals surface area (Å²) < 4.78 is 11.3. The molecule has 0 spiro atoms. The summed E-state index contributed by atoms with van der Waals surface area (Å²) in [5.74, 6) is 1.65. The van der Waals surface area contributed by atoms with Crippen LogP contribution in [0.3, 0.4) is 0 Å². The van der Waals surface area contributed by atoms with E-state index in [-0.39, 0.29) is 11.3 Å². The van der Waals surface area contributed by atoms with Gasteiger partial charge in [0.25, 0.3) is 0 Å². The predicted octanol–water partition coefficient (Wildman–Crippen LogP) is 4.24. The largest absolute Gasteiger partial charge is 0.486 e. The summed E-state index contributed by atoms with van der Waals surface area (Å²) in [7, 11) is 0. The maximum atomic E-state index is 12.9. The minimum atomic E-state index is -0.395. The van der Waals surface area contributed by atoms with Gasteiger partial charge in [-0.15, -0.1) is 0 Å². The van der Waals surface area contributed by atoms with Crippen LogP contribution in [0.15, 0.2) is 42.5 Å². The Labute approximate surface area is 164 Å². The van der Waals surface area contributed by atoms with E-state index < -0.39 is 5.41 Å². The first-order chi connectivity index (χ1) is 12.9. The third-order valence-corrected chi connectivity index (χ3v) is 5.85. The maximum Gasteiger partial charge on any atom is 0.230 e. The van der Waals surface area contributed by atoms with E-state index in [0.29, 0.717) is 24.8 Å². The van der Waals surface area contributed by atoms with Gasteiger partial charge in [-0.2, -0.15) is 0 Å². The van der Waals surface area contributed by atoms with Crippen molar-refractivity contribution in [3.8, 4) is 11.5 Å². The molecule has 0 unspecified atom stereocenters. The van der Waals surface area contributed by atoms with Gasteiger partial charge in [-0.3, -0.25) is 4.79 Å². The molecule has 1 amide bonds. The van der Waals surface area contributed by atoms with E-state index >= 15 is 0 Å². The lowest BCUT2D eigenvalue weighted by molar-refractivity contribution is -0.123. The van der Waals surface area contributed by atoms with Crippen LogP contribution in [0, 0.1) is 0 Å². The molecule has 142 valence electrons. The molecule has 0 atom stereocenters. The topological polar surface area (TPSA) is 47.6 Å². The molecule has 1 N–H and O–H groups in total. The summed E-state index contributed by atoms with van der Waals surface area (Å²) in [6.45, 7) is 5.96. The molecule has 2 aromatic carbocycles. The van der Waals surface area contributed by atoms with E-state index in [2.05, 4.69) is 19.2 Å². The predicted molar refractivity (Wildman–Crippen MR) is 106 cm³/mol. The van der Waals surface area contributed by atoms with Crippen molar-refractivity contribution >= 4 is 17.5 Å². The van der Waals surface area contributed by atoms with Gasteiger partial charge in [0.1, 0.15) is 13.2 Å². The van der Waals surface area contributed by atoms with Crippen molar-refractivity contribution in [2.45, 2.75) is 37.5 Å². The Hall–Kier alpha value is -2.20. The molecule has 1 aliphatic heterocycles. The van der Waals surface area contributed by atoms with Crippen LogP contribution >= 0.6 is 11.6 Å². The number of carbonyl (C=O) groups excluding carboxylic acids is 1. The molecule has 2 aliphatic rings. The lowest BCUT2D eigenvalue weighted by atomic mass is 9.84. The minimum Gasteiger partial charge on any atom is -0.486 e. The van der Waals surface area contributed by atoms with Crippen molar-refractivity contribution in [1.82, 2.24) is 5.32 Å². The number of halogens is 1. The van der Waals surface area contributed by atoms with Gasteiger partial charge in [-0.1, -0.05) is 43.6 Å². The number of ether oxygens (including phenoxy) is 2. The van der Waals surface area contributed by atoms with Crippen molar-refractivity contribution in [3.05, 3.63) is 58.6 Å².